The fourth-order valence-corrected chi connectivity index (χ4v) is 1.92. The van der Waals surface area contributed by atoms with Crippen molar-refractivity contribution in [3.8, 4) is 0 Å². The predicted molar refractivity (Wildman–Crippen MR) is 74.4 cm³/mol. The Morgan fingerprint density at radius 1 is 1.58 bits per heavy atom. The number of nitrogens with zero attached hydrogens (tertiary/aromatic N) is 2. The average molecular weight is 327 g/mol. The molecule has 0 saturated heterocycles. The van der Waals surface area contributed by atoms with Gasteiger partial charge in [-0.05, 0) is 41.1 Å². The van der Waals surface area contributed by atoms with Crippen molar-refractivity contribution in [2.75, 3.05) is 11.1 Å². The first-order valence-corrected chi connectivity index (χ1v) is 6.40. The zero-order chi connectivity index (χ0) is 14.0. The van der Waals surface area contributed by atoms with E-state index >= 15 is 0 Å². The van der Waals surface area contributed by atoms with Gasteiger partial charge in [0.05, 0.1) is 10.2 Å². The second kappa shape index (κ2) is 5.40. The molecule has 1 amide bonds. The number of nitrogens with one attached hydrogen (secondary N) is 1. The number of halogens is 2. The highest BCUT2D eigenvalue weighted by atomic mass is 79.9. The molecule has 1 aromatic carbocycles. The van der Waals surface area contributed by atoms with Gasteiger partial charge in [-0.3, -0.25) is 9.48 Å². The molecule has 0 unspecified atom stereocenters. The number of aromatic nitrogens is 2. The summed E-state index contributed by atoms with van der Waals surface area (Å²) in [5, 5.41) is 6.67. The highest BCUT2D eigenvalue weighted by Crippen LogP contribution is 2.21. The van der Waals surface area contributed by atoms with Crippen LogP contribution in [0, 0.1) is 5.82 Å². The molecule has 7 heteroatoms. The van der Waals surface area contributed by atoms with Crippen LogP contribution in [0.5, 0.6) is 0 Å². The molecule has 5 nitrogen and oxygen atoms in total. The quantitative estimate of drug-likeness (QED) is 0.910. The lowest BCUT2D eigenvalue weighted by atomic mass is 10.3. The lowest BCUT2D eigenvalue weighted by Crippen LogP contribution is -2.14. The van der Waals surface area contributed by atoms with Gasteiger partial charge in [-0.1, -0.05) is 0 Å². The first-order valence-electron chi connectivity index (χ1n) is 5.60. The van der Waals surface area contributed by atoms with E-state index in [0.29, 0.717) is 17.9 Å². The molecule has 1 heterocycles. The SMILES string of the molecule is CCn1cc(N)c(C(=O)Nc2ccc(F)c(Br)c2)n1. The van der Waals surface area contributed by atoms with Gasteiger partial charge in [-0.15, -0.1) is 0 Å². The van der Waals surface area contributed by atoms with E-state index in [9.17, 15) is 9.18 Å². The molecule has 2 aromatic rings. The molecule has 0 spiro atoms. The maximum Gasteiger partial charge on any atom is 0.278 e. The van der Waals surface area contributed by atoms with Crippen molar-refractivity contribution < 1.29 is 9.18 Å². The summed E-state index contributed by atoms with van der Waals surface area (Å²) in [5.74, 6) is -0.823. The van der Waals surface area contributed by atoms with Crippen LogP contribution in [0.4, 0.5) is 15.8 Å². The molecule has 0 aliphatic carbocycles. The lowest BCUT2D eigenvalue weighted by Gasteiger charge is -2.04. The summed E-state index contributed by atoms with van der Waals surface area (Å²) < 4.78 is 14.9. The Hall–Kier alpha value is -1.89. The van der Waals surface area contributed by atoms with Crippen molar-refractivity contribution in [1.82, 2.24) is 9.78 Å². The van der Waals surface area contributed by atoms with E-state index in [1.54, 1.807) is 10.9 Å². The lowest BCUT2D eigenvalue weighted by molar-refractivity contribution is 0.102. The third-order valence-electron chi connectivity index (χ3n) is 2.51. The number of rotatable bonds is 3. The molecule has 100 valence electrons. The second-order valence-electron chi connectivity index (χ2n) is 3.87. The summed E-state index contributed by atoms with van der Waals surface area (Å²) in [6.07, 6.45) is 1.59. The van der Waals surface area contributed by atoms with Crippen LogP contribution in [0.2, 0.25) is 0 Å². The standard InChI is InChI=1S/C12H12BrFN4O/c1-2-18-6-10(15)11(17-18)12(19)16-7-3-4-9(14)8(13)5-7/h3-6H,2,15H2,1H3,(H,16,19). The Morgan fingerprint density at radius 3 is 2.89 bits per heavy atom. The predicted octanol–water partition coefficient (Wildman–Crippen LogP) is 2.64. The van der Waals surface area contributed by atoms with Crippen LogP contribution < -0.4 is 11.1 Å². The molecule has 2 rings (SSSR count). The number of amides is 1. The fraction of sp³-hybridized carbons (Fsp3) is 0.167. The number of aryl methyl sites for hydroxylation is 1. The molecule has 0 atom stereocenters. The van der Waals surface area contributed by atoms with Gasteiger partial charge in [0.2, 0.25) is 0 Å². The molecule has 0 saturated carbocycles. The third kappa shape index (κ3) is 2.93. The van der Waals surface area contributed by atoms with Crippen molar-refractivity contribution in [3.63, 3.8) is 0 Å². The van der Waals surface area contributed by atoms with Gasteiger partial charge >= 0.3 is 0 Å². The van der Waals surface area contributed by atoms with Gasteiger partial charge in [-0.2, -0.15) is 5.10 Å². The number of carbonyl (C=O) groups excluding carboxylic acids is 1. The van der Waals surface area contributed by atoms with Crippen LogP contribution in [-0.2, 0) is 6.54 Å². The second-order valence-corrected chi connectivity index (χ2v) is 4.73. The Labute approximate surface area is 117 Å². The highest BCUT2D eigenvalue weighted by Gasteiger charge is 2.15. The normalized spacial score (nSPS) is 10.5. The zero-order valence-corrected chi connectivity index (χ0v) is 11.7. The monoisotopic (exact) mass is 326 g/mol. The molecular weight excluding hydrogens is 315 g/mol. The first kappa shape index (κ1) is 13.5. The van der Waals surface area contributed by atoms with E-state index < -0.39 is 11.7 Å². The van der Waals surface area contributed by atoms with Crippen LogP contribution in [0.15, 0.2) is 28.9 Å². The van der Waals surface area contributed by atoms with Crippen LogP contribution in [0.25, 0.3) is 0 Å². The Balaban J connectivity index is 2.20. The van der Waals surface area contributed by atoms with Gasteiger partial charge in [-0.25, -0.2) is 4.39 Å². The van der Waals surface area contributed by atoms with E-state index in [1.165, 1.54) is 18.2 Å². The van der Waals surface area contributed by atoms with Crippen molar-refractivity contribution in [2.45, 2.75) is 13.5 Å². The molecule has 0 fully saturated rings. The van der Waals surface area contributed by atoms with E-state index in [-0.39, 0.29) is 10.2 Å². The molecule has 19 heavy (non-hydrogen) atoms. The summed E-state index contributed by atoms with van der Waals surface area (Å²) in [7, 11) is 0. The maximum absolute atomic E-state index is 13.1. The van der Waals surface area contributed by atoms with Crippen LogP contribution in [0.3, 0.4) is 0 Å². The number of nitrogens with two attached hydrogens (primary N) is 1. The number of hydrogen-bond donors (Lipinski definition) is 2. The summed E-state index contributed by atoms with van der Waals surface area (Å²) in [4.78, 5) is 12.0. The van der Waals surface area contributed by atoms with Crippen molar-refractivity contribution >= 4 is 33.2 Å². The largest absolute Gasteiger partial charge is 0.396 e. The maximum atomic E-state index is 13.1. The third-order valence-corrected chi connectivity index (χ3v) is 3.11. The highest BCUT2D eigenvalue weighted by molar-refractivity contribution is 9.10. The van der Waals surface area contributed by atoms with E-state index in [1.807, 2.05) is 6.92 Å². The molecule has 3 N–H and O–H groups in total. The van der Waals surface area contributed by atoms with Gasteiger partial charge in [0.1, 0.15) is 5.82 Å². The molecular formula is C12H12BrFN4O. The molecule has 0 bridgehead atoms. The summed E-state index contributed by atoms with van der Waals surface area (Å²) in [6.45, 7) is 2.52. The minimum Gasteiger partial charge on any atom is -0.396 e. The average Bonchev–Trinajstić information content (AvgIpc) is 2.75. The van der Waals surface area contributed by atoms with E-state index in [2.05, 4.69) is 26.3 Å². The zero-order valence-electron chi connectivity index (χ0n) is 10.2. The first-order chi connectivity index (χ1) is 9.01. The smallest absolute Gasteiger partial charge is 0.278 e. The molecule has 0 aliphatic rings. The molecule has 1 aromatic heterocycles. The summed E-state index contributed by atoms with van der Waals surface area (Å²) in [6, 6.07) is 4.19. The minimum absolute atomic E-state index is 0.155. The Morgan fingerprint density at radius 2 is 2.32 bits per heavy atom. The Bertz CT molecular complexity index is 626. The van der Waals surface area contributed by atoms with Crippen LogP contribution >= 0.6 is 15.9 Å². The summed E-state index contributed by atoms with van der Waals surface area (Å²) >= 11 is 3.05. The Kier molecular flexibility index (Phi) is 3.84. The topological polar surface area (TPSA) is 72.9 Å². The fourth-order valence-electron chi connectivity index (χ4n) is 1.54. The van der Waals surface area contributed by atoms with Gasteiger partial charge in [0.25, 0.3) is 5.91 Å². The number of hydrogen-bond acceptors (Lipinski definition) is 3. The van der Waals surface area contributed by atoms with Crippen molar-refractivity contribution in [2.24, 2.45) is 0 Å². The van der Waals surface area contributed by atoms with Crippen LogP contribution in [0.1, 0.15) is 17.4 Å². The summed E-state index contributed by atoms with van der Waals surface area (Å²) in [5.41, 5.74) is 6.63. The number of benzene rings is 1. The number of carbonyl (C=O) groups is 1. The molecule has 0 radical (unpaired) electrons. The number of nitrogen functional groups attached to an aromatic ring is 1. The van der Waals surface area contributed by atoms with Crippen molar-refractivity contribution in [3.05, 3.63) is 40.4 Å². The van der Waals surface area contributed by atoms with Gasteiger partial charge in [0, 0.05) is 18.4 Å². The molecule has 0 aliphatic heterocycles. The van der Waals surface area contributed by atoms with Gasteiger partial charge < -0.3 is 11.1 Å². The minimum atomic E-state index is -0.428. The van der Waals surface area contributed by atoms with E-state index in [0.717, 1.165) is 0 Å². The van der Waals surface area contributed by atoms with Gasteiger partial charge in [0.15, 0.2) is 5.69 Å². The van der Waals surface area contributed by atoms with Crippen LogP contribution in [-0.4, -0.2) is 15.7 Å². The van der Waals surface area contributed by atoms with Crippen molar-refractivity contribution in [1.29, 1.82) is 0 Å². The van der Waals surface area contributed by atoms with E-state index in [4.69, 9.17) is 5.73 Å². The number of anilines is 2.